The zero-order valence-electron chi connectivity index (χ0n) is 23.0. The molecule has 0 radical (unpaired) electrons. The van der Waals surface area contributed by atoms with Crippen LogP contribution in [0.5, 0.6) is 0 Å². The maximum Gasteiger partial charge on any atom is 0.330 e. The van der Waals surface area contributed by atoms with E-state index in [9.17, 15) is 9.90 Å². The van der Waals surface area contributed by atoms with Crippen LogP contribution in [-0.4, -0.2) is 73.6 Å². The Morgan fingerprint density at radius 2 is 2.00 bits per heavy atom. The first-order valence-electron chi connectivity index (χ1n) is 14.0. The molecule has 1 fully saturated rings. The molecule has 38 heavy (non-hydrogen) atoms. The van der Waals surface area contributed by atoms with E-state index in [2.05, 4.69) is 38.7 Å². The third kappa shape index (κ3) is 8.75. The fraction of sp³-hybridized carbons (Fsp3) is 0.645. The van der Waals surface area contributed by atoms with Gasteiger partial charge in [-0.1, -0.05) is 61.1 Å². The molecule has 0 amide bonds. The molecule has 4 heterocycles. The lowest BCUT2D eigenvalue weighted by molar-refractivity contribution is -0.148. The van der Waals surface area contributed by atoms with Gasteiger partial charge < -0.3 is 28.8 Å². The molecule has 1 N–H and O–H groups in total. The molecule has 0 aromatic rings. The van der Waals surface area contributed by atoms with Gasteiger partial charge in [-0.3, -0.25) is 0 Å². The molecule has 0 saturated carbocycles. The number of methoxy groups -OCH3 is 1. The monoisotopic (exact) mass is 528 g/mol. The van der Waals surface area contributed by atoms with Gasteiger partial charge in [0.2, 0.25) is 0 Å². The number of fused-ring (bicyclic) bond motifs is 3. The zero-order chi connectivity index (χ0) is 27.1. The van der Waals surface area contributed by atoms with Gasteiger partial charge in [-0.25, -0.2) is 4.79 Å². The molecule has 4 aliphatic rings. The standard InChI is InChI=1S/C31H44O7/c1-20-13-14-35-24(16-20)11-12-26(32)27-19-29-31(38-29)28(34-4)18-22(3)15-21(2)17-25-9-5-7-23(36-25)8-6-10-30(33)37-27/h5-7,10-13,21,23-29,31-32H,3,8-9,14-19H2,1-2,4H3/t21-,23-,24+,25-,26-,27-,28?,29-,31-/m0/s1. The molecule has 2 bridgehead atoms. The smallest absolute Gasteiger partial charge is 0.330 e. The number of hydrogen-bond donors (Lipinski definition) is 1. The highest BCUT2D eigenvalue weighted by molar-refractivity contribution is 5.82. The van der Waals surface area contributed by atoms with Gasteiger partial charge in [0, 0.05) is 19.6 Å². The number of aliphatic hydroxyl groups excluding tert-OH is 1. The van der Waals surface area contributed by atoms with Crippen LogP contribution in [0.2, 0.25) is 0 Å². The molecule has 4 aliphatic heterocycles. The number of carbonyl (C=O) groups excluding carboxylic acids is 1. The van der Waals surface area contributed by atoms with Crippen molar-refractivity contribution >= 4 is 5.97 Å². The molecule has 7 heteroatoms. The van der Waals surface area contributed by atoms with E-state index in [0.29, 0.717) is 31.8 Å². The number of ether oxygens (including phenoxy) is 5. The van der Waals surface area contributed by atoms with Crippen molar-refractivity contribution in [1.82, 2.24) is 0 Å². The largest absolute Gasteiger partial charge is 0.456 e. The topological polar surface area (TPSA) is 86.8 Å². The Bertz CT molecular complexity index is 935. The summed E-state index contributed by atoms with van der Waals surface area (Å²) in [4.78, 5) is 12.7. The summed E-state index contributed by atoms with van der Waals surface area (Å²) in [6.07, 6.45) is 16.1. The number of hydrogen-bond acceptors (Lipinski definition) is 7. The van der Waals surface area contributed by atoms with E-state index in [-0.39, 0.29) is 36.6 Å². The fourth-order valence-corrected chi connectivity index (χ4v) is 5.65. The number of carbonyl (C=O) groups is 1. The highest BCUT2D eigenvalue weighted by Crippen LogP contribution is 2.36. The molecule has 4 rings (SSSR count). The van der Waals surface area contributed by atoms with Gasteiger partial charge in [-0.05, 0) is 51.4 Å². The summed E-state index contributed by atoms with van der Waals surface area (Å²) in [5, 5.41) is 11.0. The van der Waals surface area contributed by atoms with Crippen molar-refractivity contribution in [2.75, 3.05) is 13.7 Å². The second kappa shape index (κ2) is 13.9. The maximum absolute atomic E-state index is 12.7. The minimum atomic E-state index is -0.986. The summed E-state index contributed by atoms with van der Waals surface area (Å²) in [5.41, 5.74) is 2.39. The molecule has 0 aromatic heterocycles. The van der Waals surface area contributed by atoms with Crippen LogP contribution in [0.3, 0.4) is 0 Å². The lowest BCUT2D eigenvalue weighted by Gasteiger charge is -2.28. The number of cyclic esters (lactones) is 1. The molecule has 1 unspecified atom stereocenters. The lowest BCUT2D eigenvalue weighted by Crippen LogP contribution is -2.33. The van der Waals surface area contributed by atoms with E-state index in [0.717, 1.165) is 31.3 Å². The van der Waals surface area contributed by atoms with Crippen LogP contribution in [0.4, 0.5) is 0 Å². The second-order valence-corrected chi connectivity index (χ2v) is 11.2. The summed E-state index contributed by atoms with van der Waals surface area (Å²) >= 11 is 0. The highest BCUT2D eigenvalue weighted by Gasteiger charge is 2.47. The lowest BCUT2D eigenvalue weighted by atomic mass is 9.90. The van der Waals surface area contributed by atoms with Crippen molar-refractivity contribution in [1.29, 1.82) is 0 Å². The molecule has 0 aliphatic carbocycles. The van der Waals surface area contributed by atoms with Crippen LogP contribution >= 0.6 is 0 Å². The first-order chi connectivity index (χ1) is 18.3. The Kier molecular flexibility index (Phi) is 10.6. The first-order valence-corrected chi connectivity index (χ1v) is 14.0. The van der Waals surface area contributed by atoms with Gasteiger partial charge in [0.15, 0.2) is 0 Å². The van der Waals surface area contributed by atoms with Crippen molar-refractivity contribution in [3.8, 4) is 0 Å². The molecule has 0 aromatic carbocycles. The average Bonchev–Trinajstić information content (AvgIpc) is 3.64. The predicted octanol–water partition coefficient (Wildman–Crippen LogP) is 4.76. The van der Waals surface area contributed by atoms with E-state index in [1.165, 1.54) is 11.6 Å². The summed E-state index contributed by atoms with van der Waals surface area (Å²) in [6, 6.07) is 0. The highest BCUT2D eigenvalue weighted by atomic mass is 16.6. The Balaban J connectivity index is 1.46. The summed E-state index contributed by atoms with van der Waals surface area (Å²) in [7, 11) is 1.69. The number of aliphatic hydroxyl groups is 1. The van der Waals surface area contributed by atoms with Crippen LogP contribution in [0.15, 0.2) is 60.3 Å². The van der Waals surface area contributed by atoms with Crippen molar-refractivity contribution in [2.45, 2.75) is 108 Å². The van der Waals surface area contributed by atoms with Crippen molar-refractivity contribution in [2.24, 2.45) is 5.92 Å². The van der Waals surface area contributed by atoms with Gasteiger partial charge in [0.1, 0.15) is 18.3 Å². The van der Waals surface area contributed by atoms with E-state index in [1.807, 2.05) is 6.08 Å². The SMILES string of the molecule is C=C1CC(OC)[C@@H]2O[C@H]2C[C@@H]([C@@H](O)C=C[C@@H]2CC(C)=CCO2)OC(=O)C=CC[C@@H]2C=CC[C@@H](C[C@@H](C)C1)O2. The van der Waals surface area contributed by atoms with Gasteiger partial charge in [0.25, 0.3) is 0 Å². The van der Waals surface area contributed by atoms with Crippen molar-refractivity contribution in [3.63, 3.8) is 0 Å². The van der Waals surface area contributed by atoms with E-state index < -0.39 is 18.2 Å². The normalized spacial score (nSPS) is 38.1. The van der Waals surface area contributed by atoms with Gasteiger partial charge in [-0.15, -0.1) is 0 Å². The van der Waals surface area contributed by atoms with E-state index in [4.69, 9.17) is 23.7 Å². The molecule has 210 valence electrons. The van der Waals surface area contributed by atoms with Crippen LogP contribution in [0, 0.1) is 5.92 Å². The third-order valence-electron chi connectivity index (χ3n) is 7.72. The maximum atomic E-state index is 12.7. The van der Waals surface area contributed by atoms with Gasteiger partial charge in [-0.2, -0.15) is 0 Å². The second-order valence-electron chi connectivity index (χ2n) is 11.2. The van der Waals surface area contributed by atoms with Crippen LogP contribution in [0.25, 0.3) is 0 Å². The Morgan fingerprint density at radius 1 is 1.16 bits per heavy atom. The van der Waals surface area contributed by atoms with Gasteiger partial charge >= 0.3 is 5.97 Å². The number of rotatable bonds is 4. The Morgan fingerprint density at radius 3 is 2.79 bits per heavy atom. The summed E-state index contributed by atoms with van der Waals surface area (Å²) in [6.45, 7) is 9.19. The van der Waals surface area contributed by atoms with Crippen LogP contribution in [-0.2, 0) is 28.5 Å². The molecular weight excluding hydrogens is 484 g/mol. The first kappa shape index (κ1) is 29.0. The molecule has 1 saturated heterocycles. The van der Waals surface area contributed by atoms with Gasteiger partial charge in [0.05, 0.1) is 37.1 Å². The summed E-state index contributed by atoms with van der Waals surface area (Å²) in [5.74, 6) is -0.0497. The zero-order valence-corrected chi connectivity index (χ0v) is 23.0. The molecule has 7 nitrogen and oxygen atoms in total. The third-order valence-corrected chi connectivity index (χ3v) is 7.72. The Hall–Kier alpha value is -2.03. The number of epoxide rings is 1. The van der Waals surface area contributed by atoms with Crippen LogP contribution < -0.4 is 0 Å². The minimum Gasteiger partial charge on any atom is -0.456 e. The minimum absolute atomic E-state index is 0.0668. The average molecular weight is 529 g/mol. The van der Waals surface area contributed by atoms with Crippen molar-refractivity contribution < 1.29 is 33.6 Å². The fourth-order valence-electron chi connectivity index (χ4n) is 5.65. The molecular formula is C31H44O7. The molecule has 0 spiro atoms. The van der Waals surface area contributed by atoms with Crippen molar-refractivity contribution in [3.05, 3.63) is 60.3 Å². The summed E-state index contributed by atoms with van der Waals surface area (Å²) < 4.78 is 29.5. The van der Waals surface area contributed by atoms with Crippen LogP contribution in [0.1, 0.15) is 58.8 Å². The van der Waals surface area contributed by atoms with E-state index in [1.54, 1.807) is 19.3 Å². The van der Waals surface area contributed by atoms with E-state index >= 15 is 0 Å². The predicted molar refractivity (Wildman–Crippen MR) is 146 cm³/mol. The molecule has 9 atom stereocenters. The Labute approximate surface area is 227 Å². The number of esters is 1. The quantitative estimate of drug-likeness (QED) is 0.320.